The Balaban J connectivity index is 1.92. The molecule has 0 amide bonds. The van der Waals surface area contributed by atoms with Crippen molar-refractivity contribution in [1.29, 1.82) is 0 Å². The van der Waals surface area contributed by atoms with E-state index < -0.39 is 0 Å². The van der Waals surface area contributed by atoms with E-state index in [1.165, 1.54) is 24.3 Å². The van der Waals surface area contributed by atoms with Gasteiger partial charge in [0.15, 0.2) is 5.78 Å². The lowest BCUT2D eigenvalue weighted by Crippen LogP contribution is -2.26. The third-order valence-corrected chi connectivity index (χ3v) is 3.03. The minimum absolute atomic E-state index is 0.0391. The van der Waals surface area contributed by atoms with E-state index in [9.17, 15) is 9.18 Å². The van der Waals surface area contributed by atoms with Gasteiger partial charge >= 0.3 is 0 Å². The van der Waals surface area contributed by atoms with Gasteiger partial charge in [0.25, 0.3) is 0 Å². The smallest absolute Gasteiger partial charge is 0.176 e. The Morgan fingerprint density at radius 2 is 1.74 bits per heavy atom. The molecule has 0 aromatic heterocycles. The van der Waals surface area contributed by atoms with Crippen molar-refractivity contribution in [2.45, 2.75) is 13.0 Å². The summed E-state index contributed by atoms with van der Waals surface area (Å²) in [6, 6.07) is 15.6. The number of Topliss-reactive ketones (excluding diaryl/α,β-unsaturated/α-hetero) is 1. The molecular weight excluding hydrogens is 241 g/mol. The predicted octanol–water partition coefficient (Wildman–Crippen LogP) is 3.36. The van der Waals surface area contributed by atoms with Crippen LogP contribution in [-0.2, 0) is 0 Å². The first-order valence-electron chi connectivity index (χ1n) is 6.24. The molecule has 0 radical (unpaired) electrons. The molecule has 0 heterocycles. The maximum absolute atomic E-state index is 12.8. The highest BCUT2D eigenvalue weighted by molar-refractivity contribution is 5.97. The Morgan fingerprint density at radius 1 is 1.11 bits per heavy atom. The molecule has 0 aliphatic carbocycles. The second-order valence-electron chi connectivity index (χ2n) is 4.44. The Hall–Kier alpha value is -2.00. The topological polar surface area (TPSA) is 29.1 Å². The molecule has 0 spiro atoms. The van der Waals surface area contributed by atoms with Crippen LogP contribution in [0.1, 0.15) is 28.9 Å². The molecule has 2 nitrogen and oxygen atoms in total. The summed E-state index contributed by atoms with van der Waals surface area (Å²) < 4.78 is 12.8. The average molecular weight is 257 g/mol. The molecule has 0 fully saturated rings. The number of rotatable bonds is 5. The highest BCUT2D eigenvalue weighted by Crippen LogP contribution is 2.11. The van der Waals surface area contributed by atoms with Gasteiger partial charge in [-0.1, -0.05) is 30.3 Å². The van der Waals surface area contributed by atoms with Crippen molar-refractivity contribution in [2.75, 3.05) is 6.54 Å². The van der Waals surface area contributed by atoms with Crippen LogP contribution in [0, 0.1) is 5.82 Å². The molecule has 3 heteroatoms. The van der Waals surface area contributed by atoms with Crippen molar-refractivity contribution in [2.24, 2.45) is 0 Å². The summed E-state index contributed by atoms with van der Waals surface area (Å²) in [4.78, 5) is 11.9. The molecule has 1 atom stereocenters. The van der Waals surface area contributed by atoms with Gasteiger partial charge in [0.1, 0.15) is 5.82 Å². The summed E-state index contributed by atoms with van der Waals surface area (Å²) in [5, 5.41) is 3.17. The molecule has 2 rings (SSSR count). The molecule has 0 bridgehead atoms. The summed E-state index contributed by atoms with van der Waals surface area (Å²) >= 11 is 0. The lowest BCUT2D eigenvalue weighted by Gasteiger charge is -2.13. The Morgan fingerprint density at radius 3 is 2.37 bits per heavy atom. The third kappa shape index (κ3) is 3.73. The van der Waals surface area contributed by atoms with Crippen LogP contribution in [0.15, 0.2) is 54.6 Å². The van der Waals surface area contributed by atoms with Gasteiger partial charge in [-0.05, 0) is 36.8 Å². The molecule has 0 aliphatic rings. The molecule has 0 unspecified atom stereocenters. The maximum Gasteiger partial charge on any atom is 0.176 e. The van der Waals surface area contributed by atoms with Gasteiger partial charge < -0.3 is 5.32 Å². The summed E-state index contributed by atoms with van der Waals surface area (Å²) in [5.74, 6) is -0.370. The minimum atomic E-state index is -0.331. The first-order chi connectivity index (χ1) is 9.16. The number of halogens is 1. The summed E-state index contributed by atoms with van der Waals surface area (Å²) in [5.41, 5.74) is 1.66. The first-order valence-corrected chi connectivity index (χ1v) is 6.24. The van der Waals surface area contributed by atoms with Crippen molar-refractivity contribution in [3.63, 3.8) is 0 Å². The average Bonchev–Trinajstić information content (AvgIpc) is 2.46. The van der Waals surface area contributed by atoms with Crippen LogP contribution >= 0.6 is 0 Å². The van der Waals surface area contributed by atoms with E-state index in [4.69, 9.17) is 0 Å². The van der Waals surface area contributed by atoms with Crippen LogP contribution in [0.25, 0.3) is 0 Å². The molecule has 2 aromatic rings. The first kappa shape index (κ1) is 13.4. The molecule has 1 N–H and O–H groups in total. The number of carbonyl (C=O) groups excluding carboxylic acids is 1. The SMILES string of the molecule is C[C@@H](NCC(=O)c1ccc(F)cc1)c1ccccc1. The zero-order valence-corrected chi connectivity index (χ0v) is 10.8. The predicted molar refractivity (Wildman–Crippen MR) is 73.6 cm³/mol. The fourth-order valence-corrected chi connectivity index (χ4v) is 1.84. The largest absolute Gasteiger partial charge is 0.303 e. The van der Waals surface area contributed by atoms with Gasteiger partial charge in [0.2, 0.25) is 0 Å². The molecular formula is C16H16FNO. The van der Waals surface area contributed by atoms with Crippen molar-refractivity contribution in [1.82, 2.24) is 5.32 Å². The number of ketones is 1. The summed E-state index contributed by atoms with van der Waals surface area (Å²) in [6.45, 7) is 2.25. The molecule has 2 aromatic carbocycles. The van der Waals surface area contributed by atoms with Crippen molar-refractivity contribution in [3.8, 4) is 0 Å². The van der Waals surface area contributed by atoms with Crippen LogP contribution < -0.4 is 5.32 Å². The van der Waals surface area contributed by atoms with Gasteiger partial charge in [-0.2, -0.15) is 0 Å². The van der Waals surface area contributed by atoms with Gasteiger partial charge in [0.05, 0.1) is 6.54 Å². The number of nitrogens with one attached hydrogen (secondary N) is 1. The van der Waals surface area contributed by atoms with Crippen molar-refractivity contribution < 1.29 is 9.18 Å². The van der Waals surface area contributed by atoms with Crippen molar-refractivity contribution in [3.05, 3.63) is 71.5 Å². The lowest BCUT2D eigenvalue weighted by molar-refractivity contribution is 0.0988. The lowest BCUT2D eigenvalue weighted by atomic mass is 10.1. The quantitative estimate of drug-likeness (QED) is 0.832. The molecule has 0 saturated carbocycles. The zero-order valence-electron chi connectivity index (χ0n) is 10.8. The highest BCUT2D eigenvalue weighted by atomic mass is 19.1. The zero-order chi connectivity index (χ0) is 13.7. The van der Waals surface area contributed by atoms with E-state index in [2.05, 4.69) is 5.32 Å². The van der Waals surface area contributed by atoms with E-state index >= 15 is 0 Å². The van der Waals surface area contributed by atoms with E-state index in [0.717, 1.165) is 5.56 Å². The van der Waals surface area contributed by atoms with E-state index in [-0.39, 0.29) is 24.2 Å². The Bertz CT molecular complexity index is 536. The van der Waals surface area contributed by atoms with Crippen LogP contribution in [-0.4, -0.2) is 12.3 Å². The van der Waals surface area contributed by atoms with Crippen LogP contribution in [0.4, 0.5) is 4.39 Å². The Kier molecular flexibility index (Phi) is 4.42. The van der Waals surface area contributed by atoms with Gasteiger partial charge in [-0.15, -0.1) is 0 Å². The van der Waals surface area contributed by atoms with Crippen LogP contribution in [0.2, 0.25) is 0 Å². The van der Waals surface area contributed by atoms with Gasteiger partial charge in [0, 0.05) is 11.6 Å². The highest BCUT2D eigenvalue weighted by Gasteiger charge is 2.09. The fraction of sp³-hybridized carbons (Fsp3) is 0.188. The number of carbonyl (C=O) groups is 1. The molecule has 98 valence electrons. The number of benzene rings is 2. The third-order valence-electron chi connectivity index (χ3n) is 3.03. The Labute approximate surface area is 112 Å². The van der Waals surface area contributed by atoms with Crippen molar-refractivity contribution >= 4 is 5.78 Å². The van der Waals surface area contributed by atoms with E-state index in [1.807, 2.05) is 37.3 Å². The maximum atomic E-state index is 12.8. The molecule has 0 aliphatic heterocycles. The second kappa shape index (κ2) is 6.25. The summed E-state index contributed by atoms with van der Waals surface area (Å²) in [6.07, 6.45) is 0. The normalized spacial score (nSPS) is 12.1. The number of hydrogen-bond donors (Lipinski definition) is 1. The van der Waals surface area contributed by atoms with Gasteiger partial charge in [-0.25, -0.2) is 4.39 Å². The van der Waals surface area contributed by atoms with Crippen LogP contribution in [0.5, 0.6) is 0 Å². The summed E-state index contributed by atoms with van der Waals surface area (Å²) in [7, 11) is 0. The molecule has 19 heavy (non-hydrogen) atoms. The second-order valence-corrected chi connectivity index (χ2v) is 4.44. The van der Waals surface area contributed by atoms with E-state index in [0.29, 0.717) is 5.56 Å². The fourth-order valence-electron chi connectivity index (χ4n) is 1.84. The monoisotopic (exact) mass is 257 g/mol. The van der Waals surface area contributed by atoms with E-state index in [1.54, 1.807) is 0 Å². The van der Waals surface area contributed by atoms with Gasteiger partial charge in [-0.3, -0.25) is 4.79 Å². The molecule has 0 saturated heterocycles. The number of hydrogen-bond acceptors (Lipinski definition) is 2. The standard InChI is InChI=1S/C16H16FNO/c1-12(13-5-3-2-4-6-13)18-11-16(19)14-7-9-15(17)10-8-14/h2-10,12,18H,11H2,1H3/t12-/m1/s1. The van der Waals surface area contributed by atoms with Crippen LogP contribution in [0.3, 0.4) is 0 Å². The minimum Gasteiger partial charge on any atom is -0.303 e.